The summed E-state index contributed by atoms with van der Waals surface area (Å²) in [4.78, 5) is 12.4. The van der Waals surface area contributed by atoms with E-state index in [9.17, 15) is 4.79 Å². The van der Waals surface area contributed by atoms with Crippen molar-refractivity contribution in [3.8, 4) is 0 Å². The summed E-state index contributed by atoms with van der Waals surface area (Å²) in [5, 5.41) is 16.3. The van der Waals surface area contributed by atoms with Crippen LogP contribution in [0.3, 0.4) is 0 Å². The zero-order valence-corrected chi connectivity index (χ0v) is 15.4. The fraction of sp³-hybridized carbons (Fsp3) is 0.375. The highest BCUT2D eigenvalue weighted by atomic mass is 35.5. The number of aromatic nitrogens is 6. The highest BCUT2D eigenvalue weighted by Crippen LogP contribution is 2.19. The lowest BCUT2D eigenvalue weighted by atomic mass is 10.2. The zero-order valence-electron chi connectivity index (χ0n) is 14.6. The molecule has 9 heteroatoms. The van der Waals surface area contributed by atoms with Gasteiger partial charge in [0.05, 0.1) is 46.3 Å². The molecule has 0 radical (unpaired) electrons. The number of amides is 1. The van der Waals surface area contributed by atoms with E-state index in [-0.39, 0.29) is 5.91 Å². The number of carbonyl (C=O) groups is 1. The number of aryl methyl sites for hydroxylation is 2. The lowest BCUT2D eigenvalue weighted by Crippen LogP contribution is -2.13. The summed E-state index contributed by atoms with van der Waals surface area (Å²) < 4.78 is 5.24. The second kappa shape index (κ2) is 6.72. The first kappa shape index (κ1) is 17.2. The lowest BCUT2D eigenvalue weighted by molar-refractivity contribution is 0.102. The van der Waals surface area contributed by atoms with Crippen LogP contribution in [0.25, 0.3) is 0 Å². The number of anilines is 1. The Bertz CT molecular complexity index is 921. The van der Waals surface area contributed by atoms with Gasteiger partial charge < -0.3 is 5.32 Å². The molecule has 0 atom stereocenters. The predicted molar refractivity (Wildman–Crippen MR) is 94.9 cm³/mol. The minimum absolute atomic E-state index is 0.203. The maximum absolute atomic E-state index is 12.4. The standard InChI is InChI=1S/C16H20ClN7O/c1-5-23-11(3)14(7-19-23)16(25)20-13-6-18-22(8-13)9-24-12(4)15(17)10(2)21-24/h6-8H,5,9H2,1-4H3,(H,20,25). The largest absolute Gasteiger partial charge is 0.319 e. The van der Waals surface area contributed by atoms with Gasteiger partial charge >= 0.3 is 0 Å². The summed E-state index contributed by atoms with van der Waals surface area (Å²) in [5.41, 5.74) is 3.66. The maximum Gasteiger partial charge on any atom is 0.259 e. The molecule has 0 spiro atoms. The third-order valence-electron chi connectivity index (χ3n) is 4.11. The van der Waals surface area contributed by atoms with E-state index in [0.29, 0.717) is 22.9 Å². The van der Waals surface area contributed by atoms with Crippen LogP contribution in [0, 0.1) is 20.8 Å². The number of halogens is 1. The topological polar surface area (TPSA) is 82.6 Å². The SMILES string of the molecule is CCn1ncc(C(=O)Nc2cnn(Cn3nc(C)c(Cl)c3C)c2)c1C. The summed E-state index contributed by atoms with van der Waals surface area (Å²) in [6, 6.07) is 0. The van der Waals surface area contributed by atoms with Crippen molar-refractivity contribution in [2.24, 2.45) is 0 Å². The Balaban J connectivity index is 1.72. The Morgan fingerprint density at radius 1 is 1.16 bits per heavy atom. The molecule has 0 aliphatic carbocycles. The molecular formula is C16H20ClN7O. The van der Waals surface area contributed by atoms with E-state index >= 15 is 0 Å². The van der Waals surface area contributed by atoms with E-state index in [1.54, 1.807) is 32.6 Å². The van der Waals surface area contributed by atoms with Gasteiger partial charge in [-0.1, -0.05) is 11.6 Å². The average molecular weight is 362 g/mol. The average Bonchev–Trinajstić information content (AvgIpc) is 3.24. The minimum Gasteiger partial charge on any atom is -0.319 e. The van der Waals surface area contributed by atoms with Crippen LogP contribution in [0.15, 0.2) is 18.6 Å². The zero-order chi connectivity index (χ0) is 18.1. The fourth-order valence-corrected chi connectivity index (χ4v) is 2.78. The third kappa shape index (κ3) is 3.30. The van der Waals surface area contributed by atoms with E-state index in [0.717, 1.165) is 23.6 Å². The van der Waals surface area contributed by atoms with Crippen molar-refractivity contribution in [3.05, 3.63) is 46.3 Å². The highest BCUT2D eigenvalue weighted by Gasteiger charge is 2.15. The smallest absolute Gasteiger partial charge is 0.259 e. The van der Waals surface area contributed by atoms with Crippen molar-refractivity contribution in [3.63, 3.8) is 0 Å². The van der Waals surface area contributed by atoms with Crippen molar-refractivity contribution in [2.45, 2.75) is 40.9 Å². The van der Waals surface area contributed by atoms with Crippen molar-refractivity contribution in [2.75, 3.05) is 5.32 Å². The van der Waals surface area contributed by atoms with Crippen LogP contribution in [0.5, 0.6) is 0 Å². The van der Waals surface area contributed by atoms with Gasteiger partial charge in [-0.25, -0.2) is 9.36 Å². The molecule has 0 aliphatic rings. The summed E-state index contributed by atoms with van der Waals surface area (Å²) in [5.74, 6) is -0.203. The molecule has 25 heavy (non-hydrogen) atoms. The van der Waals surface area contributed by atoms with Crippen molar-refractivity contribution in [1.82, 2.24) is 29.3 Å². The molecule has 8 nitrogen and oxygen atoms in total. The summed E-state index contributed by atoms with van der Waals surface area (Å²) in [6.07, 6.45) is 4.93. The van der Waals surface area contributed by atoms with Crippen molar-refractivity contribution >= 4 is 23.2 Å². The molecule has 1 N–H and O–H groups in total. The molecule has 0 bridgehead atoms. The molecule has 132 valence electrons. The summed E-state index contributed by atoms with van der Waals surface area (Å²) in [6.45, 7) is 8.77. The Labute approximate surface area is 150 Å². The predicted octanol–water partition coefficient (Wildman–Crippen LogP) is 2.63. The van der Waals surface area contributed by atoms with E-state index in [1.807, 2.05) is 27.7 Å². The van der Waals surface area contributed by atoms with E-state index < -0.39 is 0 Å². The second-order valence-electron chi connectivity index (χ2n) is 5.81. The van der Waals surface area contributed by atoms with Crippen molar-refractivity contribution < 1.29 is 4.79 Å². The molecule has 0 saturated heterocycles. The van der Waals surface area contributed by atoms with E-state index in [2.05, 4.69) is 20.6 Å². The van der Waals surface area contributed by atoms with Crippen molar-refractivity contribution in [1.29, 1.82) is 0 Å². The molecule has 3 heterocycles. The van der Waals surface area contributed by atoms with Crippen LogP contribution in [0.4, 0.5) is 5.69 Å². The van der Waals surface area contributed by atoms with Crippen LogP contribution in [0.2, 0.25) is 5.02 Å². The fourth-order valence-electron chi connectivity index (χ4n) is 2.64. The highest BCUT2D eigenvalue weighted by molar-refractivity contribution is 6.31. The van der Waals surface area contributed by atoms with Gasteiger partial charge in [0.2, 0.25) is 0 Å². The number of hydrogen-bond acceptors (Lipinski definition) is 4. The van der Waals surface area contributed by atoms with Crippen LogP contribution in [0.1, 0.15) is 34.4 Å². The quantitative estimate of drug-likeness (QED) is 0.757. The molecule has 3 aromatic rings. The Morgan fingerprint density at radius 2 is 1.92 bits per heavy atom. The van der Waals surface area contributed by atoms with Crippen LogP contribution >= 0.6 is 11.6 Å². The van der Waals surface area contributed by atoms with E-state index in [1.165, 1.54) is 0 Å². The Morgan fingerprint density at radius 3 is 2.52 bits per heavy atom. The molecule has 1 amide bonds. The number of hydrogen-bond donors (Lipinski definition) is 1. The van der Waals surface area contributed by atoms with Gasteiger partial charge in [0, 0.05) is 12.2 Å². The molecule has 0 saturated carbocycles. The number of carbonyl (C=O) groups excluding carboxylic acids is 1. The van der Waals surface area contributed by atoms with Gasteiger partial charge in [0.15, 0.2) is 0 Å². The Kier molecular flexibility index (Phi) is 4.63. The van der Waals surface area contributed by atoms with E-state index in [4.69, 9.17) is 11.6 Å². The number of rotatable bonds is 5. The molecule has 3 aromatic heterocycles. The summed E-state index contributed by atoms with van der Waals surface area (Å²) >= 11 is 6.16. The van der Waals surface area contributed by atoms with Gasteiger partial charge in [0.1, 0.15) is 6.67 Å². The first-order valence-electron chi connectivity index (χ1n) is 7.96. The van der Waals surface area contributed by atoms with Crippen LogP contribution < -0.4 is 5.32 Å². The summed E-state index contributed by atoms with van der Waals surface area (Å²) in [7, 11) is 0. The van der Waals surface area contributed by atoms with Crippen LogP contribution in [-0.4, -0.2) is 35.2 Å². The lowest BCUT2D eigenvalue weighted by Gasteiger charge is -2.05. The molecule has 0 unspecified atom stereocenters. The van der Waals surface area contributed by atoms with Gasteiger partial charge in [-0.05, 0) is 27.7 Å². The molecular weight excluding hydrogens is 342 g/mol. The van der Waals surface area contributed by atoms with Gasteiger partial charge in [-0.2, -0.15) is 15.3 Å². The number of nitrogens with zero attached hydrogens (tertiary/aromatic N) is 6. The Hall–Kier alpha value is -2.61. The normalized spacial score (nSPS) is 11.1. The molecule has 0 aliphatic heterocycles. The molecule has 0 aromatic carbocycles. The molecule has 3 rings (SSSR count). The minimum atomic E-state index is -0.203. The first-order valence-corrected chi connectivity index (χ1v) is 8.34. The van der Waals surface area contributed by atoms with Crippen LogP contribution in [-0.2, 0) is 13.2 Å². The van der Waals surface area contributed by atoms with Gasteiger partial charge in [-0.15, -0.1) is 0 Å². The van der Waals surface area contributed by atoms with Gasteiger partial charge in [-0.3, -0.25) is 9.48 Å². The maximum atomic E-state index is 12.4. The van der Waals surface area contributed by atoms with Gasteiger partial charge in [0.25, 0.3) is 5.91 Å². The molecule has 0 fully saturated rings. The monoisotopic (exact) mass is 361 g/mol. The third-order valence-corrected chi connectivity index (χ3v) is 4.66. The first-order chi connectivity index (χ1) is 11.9. The second-order valence-corrected chi connectivity index (χ2v) is 6.19. The number of nitrogens with one attached hydrogen (secondary N) is 1.